The van der Waals surface area contributed by atoms with Gasteiger partial charge < -0.3 is 9.47 Å². The second kappa shape index (κ2) is 12.5. The molecular weight excluding hydrogens is 506 g/mol. The van der Waals surface area contributed by atoms with Gasteiger partial charge in [0, 0.05) is 11.6 Å². The second-order valence-corrected chi connectivity index (χ2v) is 8.04. The van der Waals surface area contributed by atoms with Crippen LogP contribution in [0.2, 0.25) is 0 Å². The normalized spacial score (nSPS) is 10.7. The summed E-state index contributed by atoms with van der Waals surface area (Å²) in [5.41, 5.74) is 4.43. The van der Waals surface area contributed by atoms with Crippen LogP contribution in [0.3, 0.4) is 0 Å². The quantitative estimate of drug-likeness (QED) is 0.111. The number of nitrogens with zero attached hydrogens (tertiary/aromatic N) is 4. The molecule has 12 nitrogen and oxygen atoms in total. The van der Waals surface area contributed by atoms with Crippen LogP contribution in [0, 0.1) is 20.2 Å². The van der Waals surface area contributed by atoms with Gasteiger partial charge in [-0.25, -0.2) is 0 Å². The molecule has 1 aromatic heterocycles. The lowest BCUT2D eigenvalue weighted by molar-refractivity contribution is -0.393. The third-order valence-electron chi connectivity index (χ3n) is 5.32. The zero-order chi connectivity index (χ0) is 27.6. The SMILES string of the molecule is O=Cc1ccc(OCc2cccc(COc3ccc(/C=N\Nc4ccc([N+](=O)[O-])cc4[N+](=O)[O-])cc3)n2)cc1. The number of pyridine rings is 1. The number of nitro benzene ring substituents is 2. The number of hydrogen-bond donors (Lipinski definition) is 1. The van der Waals surface area contributed by atoms with Gasteiger partial charge in [0.15, 0.2) is 0 Å². The highest BCUT2D eigenvalue weighted by molar-refractivity contribution is 5.81. The molecular formula is C27H21N5O7. The predicted octanol–water partition coefficient (Wildman–Crippen LogP) is 5.31. The summed E-state index contributed by atoms with van der Waals surface area (Å²) in [5.74, 6) is 1.23. The molecule has 0 unspecified atom stereocenters. The summed E-state index contributed by atoms with van der Waals surface area (Å²) in [4.78, 5) is 35.9. The number of ether oxygens (including phenoxy) is 2. The topological polar surface area (TPSA) is 159 Å². The van der Waals surface area contributed by atoms with Crippen molar-refractivity contribution in [2.24, 2.45) is 5.10 Å². The van der Waals surface area contributed by atoms with Crippen LogP contribution >= 0.6 is 0 Å². The Morgan fingerprint density at radius 1 is 0.795 bits per heavy atom. The van der Waals surface area contributed by atoms with E-state index < -0.39 is 15.5 Å². The fraction of sp³-hybridized carbons (Fsp3) is 0.0741. The first-order valence-corrected chi connectivity index (χ1v) is 11.5. The van der Waals surface area contributed by atoms with E-state index in [0.29, 0.717) is 28.3 Å². The van der Waals surface area contributed by atoms with Crippen LogP contribution in [-0.4, -0.2) is 27.3 Å². The van der Waals surface area contributed by atoms with Crippen molar-refractivity contribution in [2.45, 2.75) is 13.2 Å². The van der Waals surface area contributed by atoms with E-state index in [4.69, 9.17) is 9.47 Å². The molecule has 0 saturated carbocycles. The summed E-state index contributed by atoms with van der Waals surface area (Å²) < 4.78 is 11.5. The molecule has 0 aliphatic rings. The standard InChI is InChI=1S/C27H21N5O7/c33-16-20-6-11-25(12-7-20)39-18-22-3-1-2-21(29-22)17-38-24-9-4-19(5-10-24)15-28-30-26-13-8-23(31(34)35)14-27(26)32(36)37/h1-16,30H,17-18H2/b28-15-. The minimum absolute atomic E-state index is 0.0257. The fourth-order valence-electron chi connectivity index (χ4n) is 3.35. The molecule has 3 aromatic carbocycles. The Hall–Kier alpha value is -5.65. The summed E-state index contributed by atoms with van der Waals surface area (Å²) >= 11 is 0. The molecule has 0 aliphatic heterocycles. The predicted molar refractivity (Wildman–Crippen MR) is 142 cm³/mol. The van der Waals surface area contributed by atoms with E-state index in [0.717, 1.165) is 24.1 Å². The van der Waals surface area contributed by atoms with Crippen LogP contribution in [0.15, 0.2) is 90.0 Å². The Balaban J connectivity index is 1.29. The minimum Gasteiger partial charge on any atom is -0.487 e. The molecule has 12 heteroatoms. The zero-order valence-electron chi connectivity index (χ0n) is 20.3. The van der Waals surface area contributed by atoms with Crippen LogP contribution in [0.4, 0.5) is 17.1 Å². The van der Waals surface area contributed by atoms with E-state index in [1.54, 1.807) is 48.5 Å². The van der Waals surface area contributed by atoms with Crippen LogP contribution in [0.25, 0.3) is 0 Å². The van der Waals surface area contributed by atoms with Gasteiger partial charge in [-0.2, -0.15) is 5.10 Å². The van der Waals surface area contributed by atoms with Crippen molar-refractivity contribution in [1.29, 1.82) is 0 Å². The first-order chi connectivity index (χ1) is 18.9. The number of aldehydes is 1. The van der Waals surface area contributed by atoms with Crippen molar-refractivity contribution in [1.82, 2.24) is 4.98 Å². The van der Waals surface area contributed by atoms with E-state index in [9.17, 15) is 25.0 Å². The Morgan fingerprint density at radius 3 is 1.92 bits per heavy atom. The van der Waals surface area contributed by atoms with Gasteiger partial charge in [-0.1, -0.05) is 6.07 Å². The van der Waals surface area contributed by atoms with Gasteiger partial charge in [-0.05, 0) is 72.3 Å². The van der Waals surface area contributed by atoms with Gasteiger partial charge in [0.1, 0.15) is 36.7 Å². The Bertz CT molecular complexity index is 1510. The third-order valence-corrected chi connectivity index (χ3v) is 5.32. The Kier molecular flexibility index (Phi) is 8.49. The van der Waals surface area contributed by atoms with Gasteiger partial charge in [-0.15, -0.1) is 0 Å². The highest BCUT2D eigenvalue weighted by Crippen LogP contribution is 2.29. The lowest BCUT2D eigenvalue weighted by Crippen LogP contribution is -2.03. The molecule has 0 amide bonds. The molecule has 1 N–H and O–H groups in total. The zero-order valence-corrected chi connectivity index (χ0v) is 20.3. The first kappa shape index (κ1) is 26.4. The average Bonchev–Trinajstić information content (AvgIpc) is 2.96. The molecule has 0 saturated heterocycles. The lowest BCUT2D eigenvalue weighted by Gasteiger charge is -2.09. The van der Waals surface area contributed by atoms with Crippen molar-refractivity contribution in [2.75, 3.05) is 5.43 Å². The van der Waals surface area contributed by atoms with Crippen molar-refractivity contribution in [3.8, 4) is 11.5 Å². The van der Waals surface area contributed by atoms with Crippen LogP contribution in [-0.2, 0) is 13.2 Å². The van der Waals surface area contributed by atoms with Crippen LogP contribution < -0.4 is 14.9 Å². The summed E-state index contributed by atoms with van der Waals surface area (Å²) in [6.07, 6.45) is 2.22. The number of carbonyl (C=O) groups is 1. The van der Waals surface area contributed by atoms with Crippen molar-refractivity contribution >= 4 is 29.6 Å². The van der Waals surface area contributed by atoms with Gasteiger partial charge in [0.05, 0.1) is 33.5 Å². The van der Waals surface area contributed by atoms with Crippen molar-refractivity contribution < 1.29 is 24.1 Å². The first-order valence-electron chi connectivity index (χ1n) is 11.5. The van der Waals surface area contributed by atoms with Crippen LogP contribution in [0.1, 0.15) is 27.3 Å². The molecule has 0 radical (unpaired) electrons. The molecule has 0 spiro atoms. The number of rotatable bonds is 12. The van der Waals surface area contributed by atoms with Gasteiger partial charge in [0.2, 0.25) is 0 Å². The Labute approximate surface area is 221 Å². The number of hydrazone groups is 1. The van der Waals surface area contributed by atoms with E-state index in [-0.39, 0.29) is 24.6 Å². The number of nitro groups is 2. The van der Waals surface area contributed by atoms with Crippen LogP contribution in [0.5, 0.6) is 11.5 Å². The molecule has 0 atom stereocenters. The molecule has 0 aliphatic carbocycles. The number of nitrogens with one attached hydrogen (secondary N) is 1. The average molecular weight is 527 g/mol. The van der Waals surface area contributed by atoms with Crippen molar-refractivity contribution in [3.63, 3.8) is 0 Å². The smallest absolute Gasteiger partial charge is 0.301 e. The maximum Gasteiger partial charge on any atom is 0.301 e. The molecule has 4 aromatic rings. The maximum absolute atomic E-state index is 11.2. The van der Waals surface area contributed by atoms with Crippen molar-refractivity contribution in [3.05, 3.63) is 128 Å². The number of aromatic nitrogens is 1. The molecule has 0 bridgehead atoms. The second-order valence-electron chi connectivity index (χ2n) is 8.04. The molecule has 4 rings (SSSR count). The minimum atomic E-state index is -0.719. The van der Waals surface area contributed by atoms with Gasteiger partial charge in [-0.3, -0.25) is 35.4 Å². The monoisotopic (exact) mass is 527 g/mol. The molecule has 0 fully saturated rings. The maximum atomic E-state index is 11.2. The Morgan fingerprint density at radius 2 is 1.38 bits per heavy atom. The van der Waals surface area contributed by atoms with E-state index in [1.165, 1.54) is 12.3 Å². The van der Waals surface area contributed by atoms with Gasteiger partial charge >= 0.3 is 5.69 Å². The molecule has 39 heavy (non-hydrogen) atoms. The summed E-state index contributed by atoms with van der Waals surface area (Å²) in [6.45, 7) is 0.500. The molecule has 1 heterocycles. The summed E-state index contributed by atoms with van der Waals surface area (Å²) in [5, 5.41) is 26.1. The number of anilines is 1. The largest absolute Gasteiger partial charge is 0.487 e. The highest BCUT2D eigenvalue weighted by Gasteiger charge is 2.19. The number of non-ortho nitro benzene ring substituents is 1. The molecule has 196 valence electrons. The number of benzene rings is 3. The summed E-state index contributed by atoms with van der Waals surface area (Å²) in [7, 11) is 0. The van der Waals surface area contributed by atoms with E-state index in [2.05, 4.69) is 15.5 Å². The summed E-state index contributed by atoms with van der Waals surface area (Å²) in [6, 6.07) is 22.6. The third kappa shape index (κ3) is 7.43. The fourth-order valence-corrected chi connectivity index (χ4v) is 3.35. The number of carbonyl (C=O) groups excluding carboxylic acids is 1. The lowest BCUT2D eigenvalue weighted by atomic mass is 10.2. The van der Waals surface area contributed by atoms with Gasteiger partial charge in [0.25, 0.3) is 5.69 Å². The van der Waals surface area contributed by atoms with E-state index >= 15 is 0 Å². The van der Waals surface area contributed by atoms with E-state index in [1.807, 2.05) is 18.2 Å². The number of hydrogen-bond acceptors (Lipinski definition) is 10. The highest BCUT2D eigenvalue weighted by atomic mass is 16.6.